The largest absolute Gasteiger partial charge is 0.459 e. The third-order valence-corrected chi connectivity index (χ3v) is 8.01. The molecular formula is C35H25ClN4O7. The number of nitrogens with zero attached hydrogens (tertiary/aromatic N) is 4. The molecule has 1 aliphatic rings. The van der Waals surface area contributed by atoms with Gasteiger partial charge in [-0.2, -0.15) is 0 Å². The van der Waals surface area contributed by atoms with E-state index >= 15 is 0 Å². The summed E-state index contributed by atoms with van der Waals surface area (Å²) in [5, 5.41) is 0.618. The van der Waals surface area contributed by atoms with E-state index in [1.807, 2.05) is 0 Å². The molecule has 0 radical (unpaired) electrons. The van der Waals surface area contributed by atoms with Gasteiger partial charge in [-0.1, -0.05) is 66.2 Å². The molecule has 4 heterocycles. The number of fused-ring (bicyclic) bond motifs is 3. The Bertz CT molecular complexity index is 2080. The molecular weight excluding hydrogens is 624 g/mol. The van der Waals surface area contributed by atoms with Gasteiger partial charge in [0.25, 0.3) is 0 Å². The van der Waals surface area contributed by atoms with Crippen LogP contribution in [0.5, 0.6) is 0 Å². The Morgan fingerprint density at radius 2 is 1.28 bits per heavy atom. The molecule has 1 saturated heterocycles. The molecule has 0 amide bonds. The van der Waals surface area contributed by atoms with Gasteiger partial charge in [0.05, 0.1) is 27.6 Å². The molecule has 0 spiro atoms. The Morgan fingerprint density at radius 3 is 1.89 bits per heavy atom. The molecule has 0 aliphatic carbocycles. The summed E-state index contributed by atoms with van der Waals surface area (Å²) in [5.74, 6) is -1.98. The molecule has 234 valence electrons. The molecule has 6 aromatic rings. The Balaban J connectivity index is 1.33. The maximum absolute atomic E-state index is 13.6. The SMILES string of the molecule is O=C(OC[C@H]1O[C@@H](n2c3cccnc3c3c(Cl)ncnc32)[C@H](OC(=O)c2ccccc2)[C@@H]1OC(=O)c1ccccc1)c1ccccc1. The fraction of sp³-hybridized carbons (Fsp3) is 0.143. The van der Waals surface area contributed by atoms with Gasteiger partial charge in [-0.3, -0.25) is 9.55 Å². The lowest BCUT2D eigenvalue weighted by atomic mass is 10.1. The number of halogens is 1. The summed E-state index contributed by atoms with van der Waals surface area (Å²) in [4.78, 5) is 53.2. The van der Waals surface area contributed by atoms with Crippen LogP contribution in [0, 0.1) is 0 Å². The number of ether oxygens (including phenoxy) is 4. The number of carbonyl (C=O) groups is 3. The number of benzene rings is 3. The lowest BCUT2D eigenvalue weighted by molar-refractivity contribution is -0.0588. The number of esters is 3. The van der Waals surface area contributed by atoms with Crippen LogP contribution in [0.1, 0.15) is 37.3 Å². The van der Waals surface area contributed by atoms with Gasteiger partial charge in [0.2, 0.25) is 0 Å². The Labute approximate surface area is 272 Å². The van der Waals surface area contributed by atoms with Gasteiger partial charge in [0.15, 0.2) is 18.4 Å². The third-order valence-electron chi connectivity index (χ3n) is 7.73. The summed E-state index contributed by atoms with van der Waals surface area (Å²) >= 11 is 6.54. The summed E-state index contributed by atoms with van der Waals surface area (Å²) in [6, 6.07) is 28.7. The first-order valence-corrected chi connectivity index (χ1v) is 15.0. The highest BCUT2D eigenvalue weighted by Crippen LogP contribution is 2.41. The summed E-state index contributed by atoms with van der Waals surface area (Å²) < 4.78 is 26.1. The number of hydrogen-bond donors (Lipinski definition) is 0. The predicted molar refractivity (Wildman–Crippen MR) is 170 cm³/mol. The van der Waals surface area contributed by atoms with Crippen molar-refractivity contribution < 1.29 is 33.3 Å². The monoisotopic (exact) mass is 648 g/mol. The maximum atomic E-state index is 13.6. The Kier molecular flexibility index (Phi) is 8.30. The lowest BCUT2D eigenvalue weighted by Crippen LogP contribution is -2.41. The first kappa shape index (κ1) is 30.0. The minimum Gasteiger partial charge on any atom is -0.459 e. The molecule has 11 nitrogen and oxygen atoms in total. The van der Waals surface area contributed by atoms with Crippen LogP contribution in [0.4, 0.5) is 0 Å². The molecule has 12 heteroatoms. The molecule has 3 aromatic heterocycles. The third kappa shape index (κ3) is 5.89. The zero-order chi connectivity index (χ0) is 32.3. The Hall–Kier alpha value is -5.65. The van der Waals surface area contributed by atoms with Crippen molar-refractivity contribution in [2.45, 2.75) is 24.5 Å². The molecule has 3 aromatic carbocycles. The van der Waals surface area contributed by atoms with Gasteiger partial charge in [-0.25, -0.2) is 24.4 Å². The van der Waals surface area contributed by atoms with E-state index in [1.165, 1.54) is 6.33 Å². The van der Waals surface area contributed by atoms with Crippen molar-refractivity contribution >= 4 is 51.6 Å². The summed E-state index contributed by atoms with van der Waals surface area (Å²) in [5.41, 5.74) is 2.25. The average Bonchev–Trinajstić information content (AvgIpc) is 3.63. The van der Waals surface area contributed by atoms with Crippen molar-refractivity contribution in [3.05, 3.63) is 137 Å². The summed E-state index contributed by atoms with van der Waals surface area (Å²) in [6.45, 7) is -0.332. The van der Waals surface area contributed by atoms with Gasteiger partial charge in [-0.15, -0.1) is 0 Å². The van der Waals surface area contributed by atoms with E-state index in [9.17, 15) is 14.4 Å². The highest BCUT2D eigenvalue weighted by molar-refractivity contribution is 6.36. The molecule has 1 aliphatic heterocycles. The van der Waals surface area contributed by atoms with E-state index in [0.717, 1.165) is 0 Å². The quantitative estimate of drug-likeness (QED) is 0.113. The predicted octanol–water partition coefficient (Wildman–Crippen LogP) is 5.84. The van der Waals surface area contributed by atoms with Gasteiger partial charge < -0.3 is 18.9 Å². The van der Waals surface area contributed by atoms with Crippen molar-refractivity contribution in [3.8, 4) is 0 Å². The average molecular weight is 649 g/mol. The van der Waals surface area contributed by atoms with E-state index in [2.05, 4.69) is 15.0 Å². The van der Waals surface area contributed by atoms with Crippen LogP contribution in [0.25, 0.3) is 22.1 Å². The van der Waals surface area contributed by atoms with E-state index in [0.29, 0.717) is 27.6 Å². The second-order valence-electron chi connectivity index (χ2n) is 10.6. The van der Waals surface area contributed by atoms with Crippen molar-refractivity contribution in [2.75, 3.05) is 6.61 Å². The van der Waals surface area contributed by atoms with Crippen molar-refractivity contribution in [1.82, 2.24) is 19.5 Å². The van der Waals surface area contributed by atoms with Gasteiger partial charge in [-0.05, 0) is 48.5 Å². The van der Waals surface area contributed by atoms with E-state index < -0.39 is 42.4 Å². The van der Waals surface area contributed by atoms with Gasteiger partial charge in [0.1, 0.15) is 35.4 Å². The van der Waals surface area contributed by atoms with Crippen LogP contribution in [0.15, 0.2) is 116 Å². The topological polar surface area (TPSA) is 132 Å². The minimum atomic E-state index is -1.25. The zero-order valence-corrected chi connectivity index (χ0v) is 25.3. The van der Waals surface area contributed by atoms with Gasteiger partial charge >= 0.3 is 17.9 Å². The fourth-order valence-corrected chi connectivity index (χ4v) is 5.78. The van der Waals surface area contributed by atoms with E-state index in [4.69, 9.17) is 30.5 Å². The number of aromatic nitrogens is 4. The highest BCUT2D eigenvalue weighted by atomic mass is 35.5. The summed E-state index contributed by atoms with van der Waals surface area (Å²) in [7, 11) is 0. The molecule has 0 N–H and O–H groups in total. The molecule has 7 rings (SSSR count). The standard InChI is InChI=1S/C35H25ClN4O7/c36-30-26-27-24(17-10-18-37-27)40(31(26)39-20-38-30)32-29(47-35(43)23-15-8-3-9-16-23)28(46-34(42)22-13-6-2-7-14-22)25(45-32)19-44-33(41)21-11-4-1-5-12-21/h1-18,20,25,28-29,32H,19H2/t25-,28-,29-,32-/m1/s1. The normalized spacial score (nSPS) is 19.0. The van der Waals surface area contributed by atoms with Crippen molar-refractivity contribution in [1.29, 1.82) is 0 Å². The van der Waals surface area contributed by atoms with Crippen LogP contribution in [-0.2, 0) is 18.9 Å². The number of pyridine rings is 1. The molecule has 0 saturated carbocycles. The lowest BCUT2D eigenvalue weighted by Gasteiger charge is -2.25. The van der Waals surface area contributed by atoms with E-state index in [1.54, 1.807) is 114 Å². The van der Waals surface area contributed by atoms with Crippen LogP contribution in [0.2, 0.25) is 5.15 Å². The number of carbonyl (C=O) groups excluding carboxylic acids is 3. The van der Waals surface area contributed by atoms with E-state index in [-0.39, 0.29) is 22.9 Å². The van der Waals surface area contributed by atoms with Crippen LogP contribution in [-0.4, -0.2) is 62.3 Å². The first-order chi connectivity index (χ1) is 23.0. The second kappa shape index (κ2) is 13.0. The molecule has 4 atom stereocenters. The smallest absolute Gasteiger partial charge is 0.338 e. The first-order valence-electron chi connectivity index (χ1n) is 14.6. The fourth-order valence-electron chi connectivity index (χ4n) is 5.56. The number of hydrogen-bond acceptors (Lipinski definition) is 10. The van der Waals surface area contributed by atoms with Crippen LogP contribution < -0.4 is 0 Å². The molecule has 0 unspecified atom stereocenters. The second-order valence-corrected chi connectivity index (χ2v) is 11.0. The van der Waals surface area contributed by atoms with Crippen molar-refractivity contribution in [3.63, 3.8) is 0 Å². The van der Waals surface area contributed by atoms with Crippen LogP contribution >= 0.6 is 11.6 Å². The van der Waals surface area contributed by atoms with Gasteiger partial charge in [0, 0.05) is 6.20 Å². The maximum Gasteiger partial charge on any atom is 0.338 e. The zero-order valence-electron chi connectivity index (χ0n) is 24.5. The minimum absolute atomic E-state index is 0.161. The Morgan fingerprint density at radius 1 is 0.702 bits per heavy atom. The molecule has 47 heavy (non-hydrogen) atoms. The molecule has 1 fully saturated rings. The number of rotatable bonds is 8. The van der Waals surface area contributed by atoms with Crippen LogP contribution in [0.3, 0.4) is 0 Å². The highest BCUT2D eigenvalue weighted by Gasteiger charge is 2.52. The summed E-state index contributed by atoms with van der Waals surface area (Å²) in [6.07, 6.45) is -1.78. The molecule has 0 bridgehead atoms. The van der Waals surface area contributed by atoms with Crippen molar-refractivity contribution in [2.24, 2.45) is 0 Å².